The lowest BCUT2D eigenvalue weighted by Gasteiger charge is -2.36. The summed E-state index contributed by atoms with van der Waals surface area (Å²) >= 11 is 0. The zero-order valence-electron chi connectivity index (χ0n) is 17.3. The highest BCUT2D eigenvalue weighted by molar-refractivity contribution is 5.92. The molecule has 5 nitrogen and oxygen atoms in total. The smallest absolute Gasteiger partial charge is 0.226 e. The quantitative estimate of drug-likeness (QED) is 0.479. The van der Waals surface area contributed by atoms with Crippen LogP contribution in [0.15, 0.2) is 48.7 Å². The Hall–Kier alpha value is -3.55. The molecular weight excluding hydrogens is 417 g/mol. The monoisotopic (exact) mass is 438 g/mol. The van der Waals surface area contributed by atoms with E-state index in [9.17, 15) is 18.0 Å². The van der Waals surface area contributed by atoms with Gasteiger partial charge in [-0.3, -0.25) is 9.48 Å². The first-order valence-electron chi connectivity index (χ1n) is 10.4. The molecule has 0 aliphatic heterocycles. The number of H-pyrrole nitrogens is 1. The van der Waals surface area contributed by atoms with E-state index in [0.29, 0.717) is 29.5 Å². The van der Waals surface area contributed by atoms with Gasteiger partial charge in [0, 0.05) is 36.4 Å². The predicted molar refractivity (Wildman–Crippen MR) is 114 cm³/mol. The molecule has 1 aliphatic rings. The second-order valence-electron chi connectivity index (χ2n) is 8.29. The molecule has 8 heteroatoms. The van der Waals surface area contributed by atoms with Crippen molar-refractivity contribution in [1.82, 2.24) is 20.1 Å². The molecule has 0 unspecified atom stereocenters. The van der Waals surface area contributed by atoms with Gasteiger partial charge in [-0.05, 0) is 66.3 Å². The van der Waals surface area contributed by atoms with Gasteiger partial charge in [-0.15, -0.1) is 0 Å². The molecule has 0 radical (unpaired) electrons. The van der Waals surface area contributed by atoms with Gasteiger partial charge in [0.15, 0.2) is 0 Å². The Morgan fingerprint density at radius 1 is 1.12 bits per heavy atom. The van der Waals surface area contributed by atoms with Gasteiger partial charge in [-0.1, -0.05) is 0 Å². The van der Waals surface area contributed by atoms with Crippen LogP contribution in [0.1, 0.15) is 30.0 Å². The summed E-state index contributed by atoms with van der Waals surface area (Å²) in [5, 5.41) is 7.57. The van der Waals surface area contributed by atoms with Gasteiger partial charge in [0.25, 0.3) is 0 Å². The molecule has 2 aromatic heterocycles. The summed E-state index contributed by atoms with van der Waals surface area (Å²) in [7, 11) is 1.79. The first kappa shape index (κ1) is 20.4. The first-order chi connectivity index (χ1) is 15.4. The summed E-state index contributed by atoms with van der Waals surface area (Å²) in [6.07, 6.45) is 3.18. The van der Waals surface area contributed by atoms with E-state index >= 15 is 0 Å². The van der Waals surface area contributed by atoms with Crippen LogP contribution in [-0.4, -0.2) is 26.7 Å². The van der Waals surface area contributed by atoms with Crippen molar-refractivity contribution < 1.29 is 18.0 Å². The molecule has 2 aromatic carbocycles. The lowest BCUT2D eigenvalue weighted by molar-refractivity contribution is -0.121. The molecule has 0 atom stereocenters. The Bertz CT molecular complexity index is 1300. The summed E-state index contributed by atoms with van der Waals surface area (Å²) in [6, 6.07) is 9.85. The highest BCUT2D eigenvalue weighted by Gasteiger charge is 2.35. The summed E-state index contributed by atoms with van der Waals surface area (Å²) < 4.78 is 43.6. The molecule has 164 valence electrons. The Morgan fingerprint density at radius 2 is 1.88 bits per heavy atom. The average molecular weight is 438 g/mol. The van der Waals surface area contributed by atoms with Gasteiger partial charge in [0.2, 0.25) is 5.91 Å². The number of hydrogen-bond donors (Lipinski definition) is 2. The fraction of sp³-hybridized carbons (Fsp3) is 0.250. The van der Waals surface area contributed by atoms with Crippen LogP contribution in [0.25, 0.3) is 22.2 Å². The number of halogens is 3. The Labute approximate surface area is 182 Å². The second kappa shape index (κ2) is 7.85. The van der Waals surface area contributed by atoms with Crippen molar-refractivity contribution in [3.05, 3.63) is 77.4 Å². The molecule has 32 heavy (non-hydrogen) atoms. The Kier molecular flexibility index (Phi) is 5.00. The molecule has 5 rings (SSSR count). The van der Waals surface area contributed by atoms with Crippen LogP contribution in [0.4, 0.5) is 13.2 Å². The van der Waals surface area contributed by atoms with Crippen molar-refractivity contribution in [3.63, 3.8) is 0 Å². The molecule has 4 aromatic rings. The van der Waals surface area contributed by atoms with Crippen LogP contribution >= 0.6 is 0 Å². The fourth-order valence-electron chi connectivity index (χ4n) is 4.50. The van der Waals surface area contributed by atoms with Crippen LogP contribution in [0, 0.1) is 17.5 Å². The van der Waals surface area contributed by atoms with E-state index in [1.54, 1.807) is 36.1 Å². The summed E-state index contributed by atoms with van der Waals surface area (Å²) in [6.45, 7) is 0. The van der Waals surface area contributed by atoms with E-state index in [1.807, 2.05) is 0 Å². The molecule has 2 heterocycles. The number of carbonyl (C=O) groups is 1. The topological polar surface area (TPSA) is 62.7 Å². The highest BCUT2D eigenvalue weighted by Crippen LogP contribution is 2.45. The molecular formula is C24H21F3N4O. The Morgan fingerprint density at radius 3 is 2.56 bits per heavy atom. The summed E-state index contributed by atoms with van der Waals surface area (Å²) in [4.78, 5) is 15.5. The maximum atomic E-state index is 14.5. The Balaban J connectivity index is 1.40. The van der Waals surface area contributed by atoms with E-state index < -0.39 is 11.6 Å². The first-order valence-corrected chi connectivity index (χ1v) is 10.4. The van der Waals surface area contributed by atoms with Crippen molar-refractivity contribution in [2.75, 3.05) is 0 Å². The van der Waals surface area contributed by atoms with Crippen LogP contribution in [0.2, 0.25) is 0 Å². The molecule has 1 saturated carbocycles. The summed E-state index contributed by atoms with van der Waals surface area (Å²) in [5.74, 6) is -1.78. The number of amides is 1. The molecule has 2 N–H and O–H groups in total. The van der Waals surface area contributed by atoms with Gasteiger partial charge in [0.1, 0.15) is 17.5 Å². The van der Waals surface area contributed by atoms with E-state index in [4.69, 9.17) is 0 Å². The number of carbonyl (C=O) groups excluding carboxylic acids is 1. The largest absolute Gasteiger partial charge is 0.353 e. The lowest BCUT2D eigenvalue weighted by Crippen LogP contribution is -2.44. The summed E-state index contributed by atoms with van der Waals surface area (Å²) in [5.41, 5.74) is 3.18. The third kappa shape index (κ3) is 3.66. The zero-order valence-corrected chi connectivity index (χ0v) is 17.3. The number of aryl methyl sites for hydroxylation is 1. The molecule has 0 saturated heterocycles. The highest BCUT2D eigenvalue weighted by atomic mass is 19.1. The maximum Gasteiger partial charge on any atom is 0.226 e. The van der Waals surface area contributed by atoms with Crippen molar-refractivity contribution >= 4 is 16.8 Å². The van der Waals surface area contributed by atoms with E-state index in [-0.39, 0.29) is 35.6 Å². The number of nitrogens with one attached hydrogen (secondary N) is 2. The minimum atomic E-state index is -0.671. The van der Waals surface area contributed by atoms with Crippen LogP contribution in [0.3, 0.4) is 0 Å². The maximum absolute atomic E-state index is 14.5. The predicted octanol–water partition coefficient (Wildman–Crippen LogP) is 4.59. The van der Waals surface area contributed by atoms with E-state index in [2.05, 4.69) is 15.4 Å². The standard InChI is InChI=1S/C24H21F3N4O/c1-31-18(6-7-28-31)12-21(32)29-17-8-14(9-17)22-19-10-16(26)11-20(27)24(19)30-23(22)13-2-4-15(25)5-3-13/h2-7,10-11,14,17,30H,8-9,12H2,1H3,(H,29,32)/t14-,17+. The van der Waals surface area contributed by atoms with Crippen molar-refractivity contribution in [2.24, 2.45) is 7.05 Å². The van der Waals surface area contributed by atoms with E-state index in [0.717, 1.165) is 17.3 Å². The van der Waals surface area contributed by atoms with Gasteiger partial charge >= 0.3 is 0 Å². The van der Waals surface area contributed by atoms with Gasteiger partial charge in [-0.25, -0.2) is 13.2 Å². The minimum Gasteiger partial charge on any atom is -0.353 e. The third-order valence-corrected chi connectivity index (χ3v) is 6.17. The second-order valence-corrected chi connectivity index (χ2v) is 8.29. The third-order valence-electron chi connectivity index (χ3n) is 6.17. The van der Waals surface area contributed by atoms with Crippen molar-refractivity contribution in [2.45, 2.75) is 31.2 Å². The molecule has 0 spiro atoms. The number of fused-ring (bicyclic) bond motifs is 1. The molecule has 1 aliphatic carbocycles. The number of benzene rings is 2. The minimum absolute atomic E-state index is 0.00649. The van der Waals surface area contributed by atoms with Gasteiger partial charge in [0.05, 0.1) is 17.6 Å². The normalized spacial score (nSPS) is 18.0. The zero-order chi connectivity index (χ0) is 22.4. The lowest BCUT2D eigenvalue weighted by atomic mass is 9.74. The van der Waals surface area contributed by atoms with Crippen LogP contribution < -0.4 is 5.32 Å². The van der Waals surface area contributed by atoms with Crippen LogP contribution in [0.5, 0.6) is 0 Å². The van der Waals surface area contributed by atoms with Crippen molar-refractivity contribution in [1.29, 1.82) is 0 Å². The molecule has 1 amide bonds. The number of rotatable bonds is 5. The number of nitrogens with zero attached hydrogens (tertiary/aromatic N) is 2. The molecule has 1 fully saturated rings. The molecule has 0 bridgehead atoms. The van der Waals surface area contributed by atoms with Crippen LogP contribution in [-0.2, 0) is 18.3 Å². The van der Waals surface area contributed by atoms with E-state index in [1.165, 1.54) is 18.2 Å². The van der Waals surface area contributed by atoms with Crippen molar-refractivity contribution in [3.8, 4) is 11.3 Å². The number of hydrogen-bond acceptors (Lipinski definition) is 2. The average Bonchev–Trinajstić information content (AvgIpc) is 3.29. The fourth-order valence-corrected chi connectivity index (χ4v) is 4.50. The number of aromatic nitrogens is 3. The SMILES string of the molecule is Cn1nccc1CC(=O)N[C@H]1C[C@@H](c2c(-c3ccc(F)cc3)[nH]c3c(F)cc(F)cc32)C1. The number of aromatic amines is 1. The van der Waals surface area contributed by atoms with Gasteiger partial charge in [-0.2, -0.15) is 5.10 Å². The van der Waals surface area contributed by atoms with Gasteiger partial charge < -0.3 is 10.3 Å².